The third kappa shape index (κ3) is 3.94. The molecule has 1 aromatic carbocycles. The van der Waals surface area contributed by atoms with E-state index in [-0.39, 0.29) is 4.90 Å². The van der Waals surface area contributed by atoms with Crippen LogP contribution in [0.2, 0.25) is 0 Å². The summed E-state index contributed by atoms with van der Waals surface area (Å²) in [5.74, 6) is 0.596. The second-order valence-electron chi connectivity index (χ2n) is 4.12. The van der Waals surface area contributed by atoms with Crippen molar-refractivity contribution >= 4 is 35.7 Å². The zero-order valence-corrected chi connectivity index (χ0v) is 13.7. The molecule has 0 N–H and O–H groups in total. The molecule has 0 saturated heterocycles. The van der Waals surface area contributed by atoms with Crippen LogP contribution in [0.5, 0.6) is 5.75 Å². The third-order valence-corrected chi connectivity index (χ3v) is 4.41. The van der Waals surface area contributed by atoms with E-state index in [2.05, 4.69) is 20.9 Å². The van der Waals surface area contributed by atoms with E-state index in [1.807, 2.05) is 12.1 Å². The number of halogens is 2. The quantitative estimate of drug-likeness (QED) is 0.764. The Balaban J connectivity index is 2.12. The SMILES string of the molecule is Cc1cc(S(=O)(=O)Cl)ccc1OCc1ccc(Br)cn1. The first-order valence-corrected chi connectivity index (χ1v) is 8.75. The molecule has 0 spiro atoms. The fourth-order valence-corrected chi connectivity index (χ4v) is 2.65. The molecule has 2 aromatic rings. The number of benzene rings is 1. The monoisotopic (exact) mass is 375 g/mol. The molecule has 1 aromatic heterocycles. The molecule has 106 valence electrons. The van der Waals surface area contributed by atoms with E-state index in [1.54, 1.807) is 19.2 Å². The normalized spacial score (nSPS) is 11.3. The van der Waals surface area contributed by atoms with Crippen molar-refractivity contribution in [1.82, 2.24) is 4.98 Å². The molecule has 1 heterocycles. The van der Waals surface area contributed by atoms with Crippen LogP contribution in [0, 0.1) is 6.92 Å². The minimum atomic E-state index is -3.71. The standard InChI is InChI=1S/C13H11BrClNO3S/c1-9-6-12(20(15,17)18)4-5-13(9)19-8-11-3-2-10(14)7-16-11/h2-7H,8H2,1H3. The number of aromatic nitrogens is 1. The maximum absolute atomic E-state index is 11.2. The van der Waals surface area contributed by atoms with Crippen molar-refractivity contribution in [3.05, 3.63) is 52.3 Å². The average Bonchev–Trinajstić information content (AvgIpc) is 2.38. The first-order chi connectivity index (χ1) is 9.36. The van der Waals surface area contributed by atoms with Crippen LogP contribution < -0.4 is 4.74 Å². The summed E-state index contributed by atoms with van der Waals surface area (Å²) < 4.78 is 28.9. The lowest BCUT2D eigenvalue weighted by Gasteiger charge is -2.09. The molecule has 2 rings (SSSR count). The minimum absolute atomic E-state index is 0.0609. The molecule has 0 unspecified atom stereocenters. The van der Waals surface area contributed by atoms with Gasteiger partial charge < -0.3 is 4.74 Å². The highest BCUT2D eigenvalue weighted by Crippen LogP contribution is 2.24. The van der Waals surface area contributed by atoms with Gasteiger partial charge in [-0.1, -0.05) is 0 Å². The molecule has 0 radical (unpaired) electrons. The number of pyridine rings is 1. The van der Waals surface area contributed by atoms with Gasteiger partial charge in [-0.2, -0.15) is 0 Å². The summed E-state index contributed by atoms with van der Waals surface area (Å²) in [7, 11) is 1.57. The van der Waals surface area contributed by atoms with E-state index in [0.29, 0.717) is 17.9 Å². The van der Waals surface area contributed by atoms with Gasteiger partial charge in [-0.3, -0.25) is 4.98 Å². The van der Waals surface area contributed by atoms with E-state index in [0.717, 1.165) is 10.2 Å². The zero-order chi connectivity index (χ0) is 14.8. The highest BCUT2D eigenvalue weighted by atomic mass is 79.9. The number of aryl methyl sites for hydroxylation is 1. The lowest BCUT2D eigenvalue weighted by Crippen LogP contribution is -2.00. The van der Waals surface area contributed by atoms with E-state index in [9.17, 15) is 8.42 Å². The number of rotatable bonds is 4. The average molecular weight is 377 g/mol. The maximum atomic E-state index is 11.2. The van der Waals surface area contributed by atoms with Gasteiger partial charge in [-0.05, 0) is 58.7 Å². The summed E-state index contributed by atoms with van der Waals surface area (Å²) in [6, 6.07) is 8.20. The van der Waals surface area contributed by atoms with Crippen molar-refractivity contribution in [1.29, 1.82) is 0 Å². The molecular formula is C13H11BrClNO3S. The molecule has 0 atom stereocenters. The molecular weight excluding hydrogens is 366 g/mol. The summed E-state index contributed by atoms with van der Waals surface area (Å²) in [5.41, 5.74) is 1.48. The van der Waals surface area contributed by atoms with Gasteiger partial charge in [0, 0.05) is 21.4 Å². The van der Waals surface area contributed by atoms with Gasteiger partial charge >= 0.3 is 0 Å². The van der Waals surface area contributed by atoms with Crippen LogP contribution in [0.4, 0.5) is 0 Å². The van der Waals surface area contributed by atoms with Gasteiger partial charge in [0.15, 0.2) is 0 Å². The Labute approximate surface area is 130 Å². The summed E-state index contributed by atoms with van der Waals surface area (Å²) in [6.45, 7) is 2.07. The molecule has 0 fully saturated rings. The first kappa shape index (κ1) is 15.3. The molecule has 0 bridgehead atoms. The highest BCUT2D eigenvalue weighted by Gasteiger charge is 2.12. The van der Waals surface area contributed by atoms with Gasteiger partial charge in [0.2, 0.25) is 0 Å². The maximum Gasteiger partial charge on any atom is 0.261 e. The second kappa shape index (κ2) is 6.11. The largest absolute Gasteiger partial charge is 0.487 e. The third-order valence-electron chi connectivity index (χ3n) is 2.59. The topological polar surface area (TPSA) is 56.3 Å². The fourth-order valence-electron chi connectivity index (χ4n) is 1.58. The van der Waals surface area contributed by atoms with Gasteiger partial charge in [-0.25, -0.2) is 8.42 Å². The van der Waals surface area contributed by atoms with Gasteiger partial charge in [0.25, 0.3) is 9.05 Å². The molecule has 0 amide bonds. The number of ether oxygens (including phenoxy) is 1. The Kier molecular flexibility index (Phi) is 4.67. The highest BCUT2D eigenvalue weighted by molar-refractivity contribution is 9.10. The molecule has 7 heteroatoms. The lowest BCUT2D eigenvalue weighted by atomic mass is 10.2. The number of hydrogen-bond acceptors (Lipinski definition) is 4. The Hall–Kier alpha value is -1.11. The molecule has 4 nitrogen and oxygen atoms in total. The molecule has 0 aliphatic heterocycles. The Bertz CT molecular complexity index is 717. The van der Waals surface area contributed by atoms with Crippen LogP contribution in [-0.2, 0) is 15.7 Å². The first-order valence-electron chi connectivity index (χ1n) is 5.65. The van der Waals surface area contributed by atoms with Crippen molar-refractivity contribution in [2.24, 2.45) is 0 Å². The van der Waals surface area contributed by atoms with Crippen molar-refractivity contribution in [2.75, 3.05) is 0 Å². The molecule has 0 aliphatic rings. The minimum Gasteiger partial charge on any atom is -0.487 e. The van der Waals surface area contributed by atoms with Gasteiger partial charge in [0.1, 0.15) is 12.4 Å². The molecule has 20 heavy (non-hydrogen) atoms. The number of nitrogens with zero attached hydrogens (tertiary/aromatic N) is 1. The Morgan fingerprint density at radius 1 is 1.30 bits per heavy atom. The van der Waals surface area contributed by atoms with Crippen molar-refractivity contribution in [2.45, 2.75) is 18.4 Å². The van der Waals surface area contributed by atoms with Crippen molar-refractivity contribution in [3.8, 4) is 5.75 Å². The fraction of sp³-hybridized carbons (Fsp3) is 0.154. The lowest BCUT2D eigenvalue weighted by molar-refractivity contribution is 0.299. The van der Waals surface area contributed by atoms with Crippen molar-refractivity contribution in [3.63, 3.8) is 0 Å². The second-order valence-corrected chi connectivity index (χ2v) is 7.60. The van der Waals surface area contributed by atoms with Crippen LogP contribution in [0.3, 0.4) is 0 Å². The predicted octanol–water partition coefficient (Wildman–Crippen LogP) is 3.66. The van der Waals surface area contributed by atoms with E-state index in [1.165, 1.54) is 12.1 Å². The van der Waals surface area contributed by atoms with E-state index >= 15 is 0 Å². The van der Waals surface area contributed by atoms with E-state index in [4.69, 9.17) is 15.4 Å². The summed E-state index contributed by atoms with van der Waals surface area (Å²) >= 11 is 3.31. The van der Waals surface area contributed by atoms with Crippen molar-refractivity contribution < 1.29 is 13.2 Å². The Morgan fingerprint density at radius 3 is 2.60 bits per heavy atom. The van der Waals surface area contributed by atoms with E-state index < -0.39 is 9.05 Å². The Morgan fingerprint density at radius 2 is 2.05 bits per heavy atom. The van der Waals surface area contributed by atoms with Crippen LogP contribution in [0.15, 0.2) is 45.9 Å². The van der Waals surface area contributed by atoms with Crippen LogP contribution in [0.25, 0.3) is 0 Å². The number of hydrogen-bond donors (Lipinski definition) is 0. The van der Waals surface area contributed by atoms with Gasteiger partial charge in [0.05, 0.1) is 10.6 Å². The zero-order valence-electron chi connectivity index (χ0n) is 10.5. The smallest absolute Gasteiger partial charge is 0.261 e. The molecule has 0 aliphatic carbocycles. The summed E-state index contributed by atoms with van der Waals surface area (Å²) in [4.78, 5) is 4.25. The summed E-state index contributed by atoms with van der Waals surface area (Å²) in [6.07, 6.45) is 1.69. The van der Waals surface area contributed by atoms with Crippen LogP contribution >= 0.6 is 26.6 Å². The van der Waals surface area contributed by atoms with Crippen LogP contribution in [-0.4, -0.2) is 13.4 Å². The summed E-state index contributed by atoms with van der Waals surface area (Å²) in [5, 5.41) is 0. The van der Waals surface area contributed by atoms with Gasteiger partial charge in [-0.15, -0.1) is 0 Å². The molecule has 0 saturated carbocycles. The van der Waals surface area contributed by atoms with Crippen LogP contribution in [0.1, 0.15) is 11.3 Å². The predicted molar refractivity (Wildman–Crippen MR) is 80.5 cm³/mol.